The summed E-state index contributed by atoms with van der Waals surface area (Å²) in [4.78, 5) is 22.7. The Balaban J connectivity index is 1.92. The molecular weight excluding hydrogens is 306 g/mol. The van der Waals surface area contributed by atoms with E-state index >= 15 is 0 Å². The standard InChI is InChI=1S/C16H14ClNO4/c1-11(19)22-13-6-4-5-12(9-13)18-16(20)10-21-15-8-3-2-7-14(15)17/h2-9H,10H2,1H3,(H,18,20). The minimum absolute atomic E-state index is 0.179. The van der Waals surface area contributed by atoms with E-state index in [0.717, 1.165) is 0 Å². The molecule has 1 N–H and O–H groups in total. The Labute approximate surface area is 132 Å². The quantitative estimate of drug-likeness (QED) is 0.678. The summed E-state index contributed by atoms with van der Waals surface area (Å²) < 4.78 is 10.3. The summed E-state index contributed by atoms with van der Waals surface area (Å²) in [7, 11) is 0. The average Bonchev–Trinajstić information content (AvgIpc) is 2.46. The summed E-state index contributed by atoms with van der Waals surface area (Å²) >= 11 is 5.93. The Kier molecular flexibility index (Phi) is 5.38. The second kappa shape index (κ2) is 7.47. The summed E-state index contributed by atoms with van der Waals surface area (Å²) in [6.07, 6.45) is 0. The van der Waals surface area contributed by atoms with E-state index in [9.17, 15) is 9.59 Å². The molecule has 0 spiro atoms. The molecule has 0 aromatic heterocycles. The summed E-state index contributed by atoms with van der Waals surface area (Å²) in [6, 6.07) is 13.4. The fourth-order valence-corrected chi connectivity index (χ4v) is 1.90. The van der Waals surface area contributed by atoms with Gasteiger partial charge in [-0.15, -0.1) is 0 Å². The van der Waals surface area contributed by atoms with Crippen molar-refractivity contribution in [3.05, 3.63) is 53.6 Å². The van der Waals surface area contributed by atoms with E-state index in [0.29, 0.717) is 22.2 Å². The third-order valence-electron chi connectivity index (χ3n) is 2.57. The first-order valence-corrected chi connectivity index (χ1v) is 6.88. The van der Waals surface area contributed by atoms with Crippen LogP contribution in [0.5, 0.6) is 11.5 Å². The highest BCUT2D eigenvalue weighted by molar-refractivity contribution is 6.32. The lowest BCUT2D eigenvalue weighted by molar-refractivity contribution is -0.131. The molecule has 0 saturated carbocycles. The van der Waals surface area contributed by atoms with Crippen molar-refractivity contribution in [3.8, 4) is 11.5 Å². The molecule has 5 nitrogen and oxygen atoms in total. The number of carbonyl (C=O) groups is 2. The minimum atomic E-state index is -0.425. The van der Waals surface area contributed by atoms with Crippen LogP contribution in [0.2, 0.25) is 5.02 Å². The van der Waals surface area contributed by atoms with E-state index in [1.54, 1.807) is 48.5 Å². The molecule has 22 heavy (non-hydrogen) atoms. The van der Waals surface area contributed by atoms with Gasteiger partial charge in [0.25, 0.3) is 5.91 Å². The largest absolute Gasteiger partial charge is 0.482 e. The van der Waals surface area contributed by atoms with Crippen LogP contribution >= 0.6 is 11.6 Å². The molecule has 0 bridgehead atoms. The van der Waals surface area contributed by atoms with Crippen LogP contribution in [0, 0.1) is 0 Å². The fourth-order valence-electron chi connectivity index (χ4n) is 1.71. The maximum Gasteiger partial charge on any atom is 0.308 e. The minimum Gasteiger partial charge on any atom is -0.482 e. The highest BCUT2D eigenvalue weighted by Gasteiger charge is 2.07. The molecule has 6 heteroatoms. The molecule has 1 amide bonds. The SMILES string of the molecule is CC(=O)Oc1cccc(NC(=O)COc2ccccc2Cl)c1. The monoisotopic (exact) mass is 319 g/mol. The van der Waals surface area contributed by atoms with Crippen LogP contribution in [0.1, 0.15) is 6.92 Å². The smallest absolute Gasteiger partial charge is 0.308 e. The van der Waals surface area contributed by atoms with Crippen LogP contribution < -0.4 is 14.8 Å². The van der Waals surface area contributed by atoms with Crippen LogP contribution in [0.15, 0.2) is 48.5 Å². The van der Waals surface area contributed by atoms with Crippen LogP contribution in [-0.2, 0) is 9.59 Å². The van der Waals surface area contributed by atoms with Gasteiger partial charge in [0.15, 0.2) is 6.61 Å². The summed E-state index contributed by atoms with van der Waals surface area (Å²) in [5.74, 6) is 0.0238. The topological polar surface area (TPSA) is 64.6 Å². The van der Waals surface area contributed by atoms with Gasteiger partial charge in [0.2, 0.25) is 0 Å². The Morgan fingerprint density at radius 1 is 1.14 bits per heavy atom. The lowest BCUT2D eigenvalue weighted by Crippen LogP contribution is -2.20. The van der Waals surface area contributed by atoms with Gasteiger partial charge in [-0.25, -0.2) is 0 Å². The first-order chi connectivity index (χ1) is 10.5. The molecule has 114 valence electrons. The number of hydrogen-bond donors (Lipinski definition) is 1. The normalized spacial score (nSPS) is 9.91. The second-order valence-electron chi connectivity index (χ2n) is 4.39. The van der Waals surface area contributed by atoms with Gasteiger partial charge in [-0.3, -0.25) is 9.59 Å². The van der Waals surface area contributed by atoms with Gasteiger partial charge in [-0.2, -0.15) is 0 Å². The Morgan fingerprint density at radius 3 is 2.64 bits per heavy atom. The maximum atomic E-state index is 11.8. The van der Waals surface area contributed by atoms with Crippen LogP contribution in [0.25, 0.3) is 0 Å². The third-order valence-corrected chi connectivity index (χ3v) is 2.89. The number of nitrogens with one attached hydrogen (secondary N) is 1. The molecule has 0 aliphatic heterocycles. The van der Waals surface area contributed by atoms with Gasteiger partial charge in [0.1, 0.15) is 11.5 Å². The predicted molar refractivity (Wildman–Crippen MR) is 83.3 cm³/mol. The molecular formula is C16H14ClNO4. The van der Waals surface area contributed by atoms with E-state index in [2.05, 4.69) is 5.32 Å². The van der Waals surface area contributed by atoms with Crippen molar-refractivity contribution < 1.29 is 19.1 Å². The first-order valence-electron chi connectivity index (χ1n) is 6.50. The van der Waals surface area contributed by atoms with Gasteiger partial charge < -0.3 is 14.8 Å². The number of rotatable bonds is 5. The molecule has 0 unspecified atom stereocenters. The molecule has 2 aromatic carbocycles. The van der Waals surface area contributed by atoms with E-state index in [1.807, 2.05) is 0 Å². The Bertz CT molecular complexity index is 687. The molecule has 2 aromatic rings. The lowest BCUT2D eigenvalue weighted by atomic mass is 10.3. The van der Waals surface area contributed by atoms with Crippen molar-refractivity contribution in [2.24, 2.45) is 0 Å². The number of para-hydroxylation sites is 1. The number of hydrogen-bond acceptors (Lipinski definition) is 4. The molecule has 0 aliphatic carbocycles. The maximum absolute atomic E-state index is 11.8. The summed E-state index contributed by atoms with van der Waals surface area (Å²) in [6.45, 7) is 1.13. The zero-order valence-corrected chi connectivity index (χ0v) is 12.6. The van der Waals surface area contributed by atoms with E-state index < -0.39 is 5.97 Å². The van der Waals surface area contributed by atoms with Gasteiger partial charge in [0, 0.05) is 18.7 Å². The number of halogens is 1. The predicted octanol–water partition coefficient (Wildman–Crippen LogP) is 3.28. The first kappa shape index (κ1) is 15.9. The Hall–Kier alpha value is -2.53. The van der Waals surface area contributed by atoms with Gasteiger partial charge in [-0.1, -0.05) is 29.8 Å². The van der Waals surface area contributed by atoms with Gasteiger partial charge in [0.05, 0.1) is 5.02 Å². The third kappa shape index (κ3) is 4.79. The Morgan fingerprint density at radius 2 is 1.91 bits per heavy atom. The summed E-state index contributed by atoms with van der Waals surface area (Å²) in [5, 5.41) is 3.08. The number of anilines is 1. The molecule has 0 heterocycles. The van der Waals surface area contributed by atoms with Crippen molar-refractivity contribution in [3.63, 3.8) is 0 Å². The molecule has 0 radical (unpaired) electrons. The van der Waals surface area contributed by atoms with E-state index in [1.165, 1.54) is 6.92 Å². The zero-order chi connectivity index (χ0) is 15.9. The zero-order valence-electron chi connectivity index (χ0n) is 11.8. The van der Waals surface area contributed by atoms with Crippen LogP contribution in [-0.4, -0.2) is 18.5 Å². The molecule has 2 rings (SSSR count). The highest BCUT2D eigenvalue weighted by Crippen LogP contribution is 2.23. The summed E-state index contributed by atoms with van der Waals surface area (Å²) in [5.41, 5.74) is 0.506. The number of benzene rings is 2. The highest BCUT2D eigenvalue weighted by atomic mass is 35.5. The van der Waals surface area contributed by atoms with Crippen LogP contribution in [0.4, 0.5) is 5.69 Å². The van der Waals surface area contributed by atoms with Crippen LogP contribution in [0.3, 0.4) is 0 Å². The van der Waals surface area contributed by atoms with Crippen molar-refractivity contribution >= 4 is 29.2 Å². The van der Waals surface area contributed by atoms with Crippen molar-refractivity contribution in [2.45, 2.75) is 6.92 Å². The van der Waals surface area contributed by atoms with E-state index in [4.69, 9.17) is 21.1 Å². The molecule has 0 aliphatic rings. The fraction of sp³-hybridized carbons (Fsp3) is 0.125. The average molecular weight is 320 g/mol. The second-order valence-corrected chi connectivity index (χ2v) is 4.80. The van der Waals surface area contributed by atoms with Crippen molar-refractivity contribution in [1.82, 2.24) is 0 Å². The van der Waals surface area contributed by atoms with Gasteiger partial charge in [-0.05, 0) is 24.3 Å². The molecule has 0 atom stereocenters. The number of carbonyl (C=O) groups excluding carboxylic acids is 2. The van der Waals surface area contributed by atoms with Gasteiger partial charge >= 0.3 is 5.97 Å². The number of ether oxygens (including phenoxy) is 2. The van der Waals surface area contributed by atoms with Crippen molar-refractivity contribution in [1.29, 1.82) is 0 Å². The lowest BCUT2D eigenvalue weighted by Gasteiger charge is -2.09. The molecule has 0 saturated heterocycles. The van der Waals surface area contributed by atoms with E-state index in [-0.39, 0.29) is 12.5 Å². The number of amides is 1. The number of esters is 1. The van der Waals surface area contributed by atoms with Crippen molar-refractivity contribution in [2.75, 3.05) is 11.9 Å². The molecule has 0 fully saturated rings.